The number of nitrogens with two attached hydrogens (primary N) is 1. The zero-order valence-corrected chi connectivity index (χ0v) is 14.8. The maximum atomic E-state index is 12.0. The van der Waals surface area contributed by atoms with E-state index in [9.17, 15) is 9.59 Å². The van der Waals surface area contributed by atoms with Gasteiger partial charge in [-0.15, -0.1) is 11.3 Å². The number of rotatable bonds is 5. The van der Waals surface area contributed by atoms with Crippen molar-refractivity contribution < 1.29 is 23.8 Å². The molecule has 0 aliphatic rings. The fourth-order valence-electron chi connectivity index (χ4n) is 1.81. The second-order valence-corrected chi connectivity index (χ2v) is 6.20. The van der Waals surface area contributed by atoms with E-state index in [1.54, 1.807) is 12.1 Å². The van der Waals surface area contributed by atoms with Gasteiger partial charge < -0.3 is 19.9 Å². The van der Waals surface area contributed by atoms with Crippen LogP contribution in [0, 0.1) is 0 Å². The number of methoxy groups -OCH3 is 2. The van der Waals surface area contributed by atoms with Gasteiger partial charge in [-0.05, 0) is 33.6 Å². The van der Waals surface area contributed by atoms with Crippen molar-refractivity contribution in [3.8, 4) is 16.2 Å². The summed E-state index contributed by atoms with van der Waals surface area (Å²) in [7, 11) is 2.54. The van der Waals surface area contributed by atoms with Gasteiger partial charge in [0.15, 0.2) is 17.2 Å². The molecule has 122 valence electrons. The Morgan fingerprint density at radius 3 is 2.61 bits per heavy atom. The topological polar surface area (TPSA) is 87.8 Å². The van der Waals surface area contributed by atoms with E-state index in [0.29, 0.717) is 10.2 Å². The summed E-state index contributed by atoms with van der Waals surface area (Å²) >= 11 is 4.60. The summed E-state index contributed by atoms with van der Waals surface area (Å²) in [6.07, 6.45) is 0. The molecule has 23 heavy (non-hydrogen) atoms. The van der Waals surface area contributed by atoms with Gasteiger partial charge in [0.05, 0.1) is 23.6 Å². The van der Waals surface area contributed by atoms with Crippen molar-refractivity contribution in [2.24, 2.45) is 0 Å². The number of thiophene rings is 1. The molecule has 0 saturated heterocycles. The van der Waals surface area contributed by atoms with Crippen LogP contribution in [0.25, 0.3) is 10.4 Å². The number of halogens is 1. The Hall–Kier alpha value is -2.06. The molecule has 2 rings (SSSR count). The number of benzene rings is 1. The third-order valence-electron chi connectivity index (χ3n) is 2.89. The summed E-state index contributed by atoms with van der Waals surface area (Å²) < 4.78 is 15.3. The van der Waals surface area contributed by atoms with Crippen LogP contribution in [-0.4, -0.2) is 32.8 Å². The summed E-state index contributed by atoms with van der Waals surface area (Å²) in [5.74, 6) is -0.861. The zero-order chi connectivity index (χ0) is 17.0. The maximum Gasteiger partial charge on any atom is 0.351 e. The zero-order valence-electron chi connectivity index (χ0n) is 12.4. The van der Waals surface area contributed by atoms with Crippen molar-refractivity contribution >= 4 is 44.9 Å². The average Bonchev–Trinajstić information content (AvgIpc) is 2.88. The molecule has 2 aromatic rings. The van der Waals surface area contributed by atoms with Gasteiger partial charge in [-0.2, -0.15) is 0 Å². The van der Waals surface area contributed by atoms with Crippen molar-refractivity contribution in [1.82, 2.24) is 0 Å². The Morgan fingerprint density at radius 1 is 1.26 bits per heavy atom. The molecule has 8 heteroatoms. The van der Waals surface area contributed by atoms with E-state index in [0.717, 1.165) is 10.4 Å². The molecule has 1 aromatic carbocycles. The van der Waals surface area contributed by atoms with E-state index in [2.05, 4.69) is 20.7 Å². The molecule has 0 unspecified atom stereocenters. The summed E-state index contributed by atoms with van der Waals surface area (Å²) in [6.45, 7) is -0.313. The van der Waals surface area contributed by atoms with Gasteiger partial charge in [-0.1, -0.05) is 12.1 Å². The van der Waals surface area contributed by atoms with Gasteiger partial charge in [0.1, 0.15) is 0 Å². The van der Waals surface area contributed by atoms with Crippen LogP contribution in [-0.2, 0) is 14.3 Å². The normalized spacial score (nSPS) is 10.2. The molecule has 0 aliphatic heterocycles. The Bertz CT molecular complexity index is 743. The summed E-state index contributed by atoms with van der Waals surface area (Å²) in [5.41, 5.74) is 7.21. The maximum absolute atomic E-state index is 12.0. The summed E-state index contributed by atoms with van der Waals surface area (Å²) in [6, 6.07) is 7.21. The lowest BCUT2D eigenvalue weighted by Crippen LogP contribution is -2.14. The number of carbonyl (C=O) groups is 2. The number of hydrogen-bond donors (Lipinski definition) is 1. The van der Waals surface area contributed by atoms with Crippen LogP contribution in [0.1, 0.15) is 9.67 Å². The third kappa shape index (κ3) is 3.83. The minimum atomic E-state index is -0.551. The van der Waals surface area contributed by atoms with Crippen molar-refractivity contribution in [2.75, 3.05) is 26.6 Å². The molecule has 0 aliphatic carbocycles. The van der Waals surface area contributed by atoms with Crippen molar-refractivity contribution in [1.29, 1.82) is 0 Å². The molecule has 2 N–H and O–H groups in total. The molecule has 0 amide bonds. The van der Waals surface area contributed by atoms with Gasteiger partial charge in [0, 0.05) is 5.69 Å². The number of carbonyl (C=O) groups excluding carboxylic acids is 2. The lowest BCUT2D eigenvalue weighted by atomic mass is 10.1. The van der Waals surface area contributed by atoms with E-state index >= 15 is 0 Å². The van der Waals surface area contributed by atoms with Crippen LogP contribution >= 0.6 is 27.3 Å². The highest BCUT2D eigenvalue weighted by Crippen LogP contribution is 2.46. The van der Waals surface area contributed by atoms with Gasteiger partial charge >= 0.3 is 11.9 Å². The van der Waals surface area contributed by atoms with E-state index in [-0.39, 0.29) is 17.2 Å². The monoisotopic (exact) mass is 399 g/mol. The molecule has 0 radical (unpaired) electrons. The van der Waals surface area contributed by atoms with Crippen LogP contribution in [0.3, 0.4) is 0 Å². The second-order valence-electron chi connectivity index (χ2n) is 4.39. The Labute approximate surface area is 145 Å². The molecule has 6 nitrogen and oxygen atoms in total. The smallest absolute Gasteiger partial charge is 0.351 e. The fourth-order valence-corrected chi connectivity index (χ4v) is 3.77. The van der Waals surface area contributed by atoms with E-state index in [1.165, 1.54) is 25.6 Å². The predicted octanol–water partition coefficient (Wildman–Crippen LogP) is 3.10. The van der Waals surface area contributed by atoms with Crippen LogP contribution in [0.2, 0.25) is 0 Å². The van der Waals surface area contributed by atoms with E-state index in [4.69, 9.17) is 15.2 Å². The Balaban J connectivity index is 2.47. The molecular weight excluding hydrogens is 386 g/mol. The number of anilines is 1. The second kappa shape index (κ2) is 7.47. The molecule has 0 bridgehead atoms. The lowest BCUT2D eigenvalue weighted by molar-refractivity contribution is -0.142. The Kier molecular flexibility index (Phi) is 5.62. The number of hydrogen-bond acceptors (Lipinski definition) is 7. The average molecular weight is 400 g/mol. The first kappa shape index (κ1) is 17.3. The van der Waals surface area contributed by atoms with Crippen LogP contribution in [0.4, 0.5) is 5.69 Å². The minimum Gasteiger partial charge on any atom is -0.479 e. The first-order valence-electron chi connectivity index (χ1n) is 6.44. The number of nitrogen functional groups attached to an aromatic ring is 1. The largest absolute Gasteiger partial charge is 0.479 e. The quantitative estimate of drug-likeness (QED) is 0.613. The SMILES string of the molecule is COC(=O)COc1c(C(=O)OC)sc(-c2cccc(N)c2)c1Br. The van der Waals surface area contributed by atoms with Gasteiger partial charge in [0.25, 0.3) is 0 Å². The highest BCUT2D eigenvalue weighted by molar-refractivity contribution is 9.10. The van der Waals surface area contributed by atoms with Crippen LogP contribution < -0.4 is 10.5 Å². The lowest BCUT2D eigenvalue weighted by Gasteiger charge is -2.06. The first-order valence-corrected chi connectivity index (χ1v) is 8.05. The number of esters is 2. The predicted molar refractivity (Wildman–Crippen MR) is 90.7 cm³/mol. The summed E-state index contributed by atoms with van der Waals surface area (Å²) in [5, 5.41) is 0. The van der Waals surface area contributed by atoms with Crippen LogP contribution in [0.15, 0.2) is 28.7 Å². The molecule has 0 saturated carbocycles. The minimum absolute atomic E-state index is 0.240. The Morgan fingerprint density at radius 2 is 2.00 bits per heavy atom. The van der Waals surface area contributed by atoms with Gasteiger partial charge in [0.2, 0.25) is 0 Å². The fraction of sp³-hybridized carbons (Fsp3) is 0.200. The summed E-state index contributed by atoms with van der Waals surface area (Å²) in [4.78, 5) is 24.2. The third-order valence-corrected chi connectivity index (χ3v) is 5.11. The van der Waals surface area contributed by atoms with Crippen molar-refractivity contribution in [3.05, 3.63) is 33.6 Å². The molecule has 1 aromatic heterocycles. The number of ether oxygens (including phenoxy) is 3. The van der Waals surface area contributed by atoms with E-state index < -0.39 is 11.9 Å². The van der Waals surface area contributed by atoms with Crippen molar-refractivity contribution in [3.63, 3.8) is 0 Å². The van der Waals surface area contributed by atoms with Crippen LogP contribution in [0.5, 0.6) is 5.75 Å². The van der Waals surface area contributed by atoms with Gasteiger partial charge in [-0.3, -0.25) is 0 Å². The highest BCUT2D eigenvalue weighted by atomic mass is 79.9. The standard InChI is InChI=1S/C15H14BrNO5S/c1-20-10(18)7-22-12-11(16)13(23-14(12)15(19)21-2)8-4-3-5-9(17)6-8/h3-6H,7,17H2,1-2H3. The van der Waals surface area contributed by atoms with Gasteiger partial charge in [-0.25, -0.2) is 9.59 Å². The molecule has 0 spiro atoms. The molecular formula is C15H14BrNO5S. The molecule has 0 atom stereocenters. The first-order chi connectivity index (χ1) is 11.0. The molecule has 1 heterocycles. The molecule has 0 fully saturated rings. The van der Waals surface area contributed by atoms with E-state index in [1.807, 2.05) is 12.1 Å². The van der Waals surface area contributed by atoms with Crippen molar-refractivity contribution in [2.45, 2.75) is 0 Å². The highest BCUT2D eigenvalue weighted by Gasteiger charge is 2.25.